The molecule has 3 heteroatoms. The smallest absolute Gasteiger partial charge is 0.0894 e. The van der Waals surface area contributed by atoms with Crippen LogP contribution in [0.2, 0.25) is 0 Å². The van der Waals surface area contributed by atoms with E-state index >= 15 is 0 Å². The van der Waals surface area contributed by atoms with Gasteiger partial charge in [0.25, 0.3) is 0 Å². The van der Waals surface area contributed by atoms with Gasteiger partial charge in [0, 0.05) is 27.1 Å². The zero-order valence-electron chi connectivity index (χ0n) is 25.9. The van der Waals surface area contributed by atoms with Crippen molar-refractivity contribution in [2.45, 2.75) is 0 Å². The largest absolute Gasteiger partial charge is 0.248 e. The van der Waals surface area contributed by atoms with Crippen LogP contribution in [0.4, 0.5) is 0 Å². The maximum Gasteiger partial charge on any atom is 0.0894 e. The highest BCUT2D eigenvalue weighted by atomic mass is 14.8. The van der Waals surface area contributed by atoms with Crippen molar-refractivity contribution in [2.75, 3.05) is 0 Å². The minimum Gasteiger partial charge on any atom is -0.248 e. The van der Waals surface area contributed by atoms with Crippen molar-refractivity contribution in [3.8, 4) is 33.8 Å². The number of hydrogen-bond acceptors (Lipinski definition) is 3. The Morgan fingerprint density at radius 1 is 0.292 bits per heavy atom. The highest BCUT2D eigenvalue weighted by molar-refractivity contribution is 6.13. The van der Waals surface area contributed by atoms with Gasteiger partial charge in [0.15, 0.2) is 0 Å². The van der Waals surface area contributed by atoms with E-state index in [2.05, 4.69) is 164 Å². The average molecular weight is 610 g/mol. The maximum atomic E-state index is 5.15. The third kappa shape index (κ3) is 4.33. The predicted molar refractivity (Wildman–Crippen MR) is 201 cm³/mol. The molecule has 3 nitrogen and oxygen atoms in total. The van der Waals surface area contributed by atoms with E-state index < -0.39 is 0 Å². The lowest BCUT2D eigenvalue weighted by Crippen LogP contribution is -1.91. The third-order valence-corrected chi connectivity index (χ3v) is 9.61. The van der Waals surface area contributed by atoms with Crippen molar-refractivity contribution in [3.63, 3.8) is 0 Å². The van der Waals surface area contributed by atoms with Crippen LogP contribution in [0.1, 0.15) is 0 Å². The molecule has 0 saturated heterocycles. The molecule has 0 spiro atoms. The van der Waals surface area contributed by atoms with E-state index in [4.69, 9.17) is 15.0 Å². The second-order valence-electron chi connectivity index (χ2n) is 12.5. The van der Waals surface area contributed by atoms with Crippen LogP contribution >= 0.6 is 0 Å². The molecular weight excluding hydrogens is 583 g/mol. The monoisotopic (exact) mass is 609 g/mol. The lowest BCUT2D eigenvalue weighted by molar-refractivity contribution is 1.32. The molecule has 0 amide bonds. The standard InChI is InChI=1S/C45H27N3/c1-4-10-36-28(7-1)13-15-30-18-24-43(48-45(30)36)42-23-17-29-14-16-32(27-44(29)47-42)31-19-21-40-34(25-31)20-22-41(46-40)39-26-33-8-2-3-9-35(33)37-11-5-6-12-38(37)39/h1-27H. The molecule has 222 valence electrons. The normalized spacial score (nSPS) is 11.8. The first-order valence-electron chi connectivity index (χ1n) is 16.3. The van der Waals surface area contributed by atoms with Crippen LogP contribution in [-0.4, -0.2) is 15.0 Å². The van der Waals surface area contributed by atoms with E-state index in [1.807, 2.05) is 0 Å². The Labute approximate surface area is 276 Å². The molecular formula is C45H27N3. The molecule has 0 radical (unpaired) electrons. The minimum atomic E-state index is 0.867. The third-order valence-electron chi connectivity index (χ3n) is 9.61. The van der Waals surface area contributed by atoms with E-state index in [0.717, 1.165) is 71.9 Å². The number of aromatic nitrogens is 3. The van der Waals surface area contributed by atoms with Gasteiger partial charge in [0.05, 0.1) is 33.6 Å². The fraction of sp³-hybridized carbons (Fsp3) is 0. The van der Waals surface area contributed by atoms with Crippen molar-refractivity contribution in [3.05, 3.63) is 164 Å². The molecule has 10 aromatic rings. The molecule has 0 aliphatic heterocycles. The van der Waals surface area contributed by atoms with Crippen molar-refractivity contribution < 1.29 is 0 Å². The lowest BCUT2D eigenvalue weighted by Gasteiger charge is -2.12. The summed E-state index contributed by atoms with van der Waals surface area (Å²) < 4.78 is 0. The number of rotatable bonds is 3. The summed E-state index contributed by atoms with van der Waals surface area (Å²) in [6.07, 6.45) is 0. The van der Waals surface area contributed by atoms with Crippen LogP contribution in [-0.2, 0) is 0 Å². The van der Waals surface area contributed by atoms with E-state index in [0.29, 0.717) is 0 Å². The van der Waals surface area contributed by atoms with Gasteiger partial charge in [-0.15, -0.1) is 0 Å². The van der Waals surface area contributed by atoms with Gasteiger partial charge in [-0.25, -0.2) is 15.0 Å². The number of fused-ring (bicyclic) bond motifs is 8. The first kappa shape index (κ1) is 26.7. The van der Waals surface area contributed by atoms with Gasteiger partial charge in [-0.05, 0) is 80.5 Å². The molecule has 48 heavy (non-hydrogen) atoms. The van der Waals surface area contributed by atoms with Gasteiger partial charge in [-0.1, -0.05) is 121 Å². The quantitative estimate of drug-likeness (QED) is 0.187. The SMILES string of the molecule is c1ccc2c(c1)cc(-c1ccc3cc(-c4ccc5ccc(-c6ccc7ccc8ccccc8c7n6)nc5c4)ccc3n1)c1ccccc12. The summed E-state index contributed by atoms with van der Waals surface area (Å²) in [6.45, 7) is 0. The molecule has 0 saturated carbocycles. The first-order valence-corrected chi connectivity index (χ1v) is 16.3. The van der Waals surface area contributed by atoms with Gasteiger partial charge in [-0.3, -0.25) is 0 Å². The van der Waals surface area contributed by atoms with Gasteiger partial charge < -0.3 is 0 Å². The molecule has 3 aromatic heterocycles. The fourth-order valence-corrected chi connectivity index (χ4v) is 7.16. The zero-order valence-corrected chi connectivity index (χ0v) is 25.9. The summed E-state index contributed by atoms with van der Waals surface area (Å²) in [7, 11) is 0. The summed E-state index contributed by atoms with van der Waals surface area (Å²) >= 11 is 0. The van der Waals surface area contributed by atoms with Crippen LogP contribution in [0, 0.1) is 0 Å². The Hall–Kier alpha value is -6.45. The van der Waals surface area contributed by atoms with Crippen molar-refractivity contribution in [1.82, 2.24) is 15.0 Å². The molecule has 3 heterocycles. The van der Waals surface area contributed by atoms with Crippen LogP contribution in [0.5, 0.6) is 0 Å². The topological polar surface area (TPSA) is 38.7 Å². The molecule has 7 aromatic carbocycles. The number of benzene rings is 7. The first-order chi connectivity index (χ1) is 23.7. The van der Waals surface area contributed by atoms with Crippen LogP contribution < -0.4 is 0 Å². The summed E-state index contributed by atoms with van der Waals surface area (Å²) in [4.78, 5) is 15.3. The van der Waals surface area contributed by atoms with E-state index in [-0.39, 0.29) is 0 Å². The van der Waals surface area contributed by atoms with E-state index in [1.54, 1.807) is 0 Å². The van der Waals surface area contributed by atoms with Crippen LogP contribution in [0.3, 0.4) is 0 Å². The highest BCUT2D eigenvalue weighted by Crippen LogP contribution is 2.36. The molecule has 0 atom stereocenters. The molecule has 0 bridgehead atoms. The van der Waals surface area contributed by atoms with E-state index in [1.165, 1.54) is 26.9 Å². The molecule has 0 unspecified atom stereocenters. The highest BCUT2D eigenvalue weighted by Gasteiger charge is 2.12. The average Bonchev–Trinajstić information content (AvgIpc) is 3.16. The van der Waals surface area contributed by atoms with Crippen LogP contribution in [0.25, 0.3) is 98.8 Å². The fourth-order valence-electron chi connectivity index (χ4n) is 7.16. The minimum absolute atomic E-state index is 0.867. The van der Waals surface area contributed by atoms with Gasteiger partial charge in [0.1, 0.15) is 0 Å². The second-order valence-corrected chi connectivity index (χ2v) is 12.5. The van der Waals surface area contributed by atoms with Gasteiger partial charge in [0.2, 0.25) is 0 Å². The summed E-state index contributed by atoms with van der Waals surface area (Å²) in [6, 6.07) is 58.0. The van der Waals surface area contributed by atoms with Crippen molar-refractivity contribution in [2.24, 2.45) is 0 Å². The van der Waals surface area contributed by atoms with Gasteiger partial charge in [-0.2, -0.15) is 0 Å². The summed E-state index contributed by atoms with van der Waals surface area (Å²) in [5.74, 6) is 0. The summed E-state index contributed by atoms with van der Waals surface area (Å²) in [5.41, 5.74) is 9.06. The molecule has 0 fully saturated rings. The zero-order chi connectivity index (χ0) is 31.6. The Bertz CT molecular complexity index is 2910. The Kier molecular flexibility index (Phi) is 5.87. The van der Waals surface area contributed by atoms with Gasteiger partial charge >= 0.3 is 0 Å². The van der Waals surface area contributed by atoms with Crippen LogP contribution in [0.15, 0.2) is 164 Å². The van der Waals surface area contributed by atoms with E-state index in [9.17, 15) is 0 Å². The Morgan fingerprint density at radius 2 is 0.875 bits per heavy atom. The Balaban J connectivity index is 1.03. The Morgan fingerprint density at radius 3 is 1.77 bits per heavy atom. The molecule has 0 N–H and O–H groups in total. The predicted octanol–water partition coefficient (Wildman–Crippen LogP) is 11.8. The van der Waals surface area contributed by atoms with Crippen molar-refractivity contribution >= 4 is 65.0 Å². The molecule has 0 aliphatic carbocycles. The number of hydrogen-bond donors (Lipinski definition) is 0. The lowest BCUT2D eigenvalue weighted by atomic mass is 9.95. The molecule has 0 aliphatic rings. The number of pyridine rings is 3. The summed E-state index contributed by atoms with van der Waals surface area (Å²) in [5, 5.41) is 10.6. The maximum absolute atomic E-state index is 5.15. The second kappa shape index (κ2) is 10.5. The number of nitrogens with zero attached hydrogens (tertiary/aromatic N) is 3. The van der Waals surface area contributed by atoms with Crippen molar-refractivity contribution in [1.29, 1.82) is 0 Å². The molecule has 10 rings (SSSR count).